The van der Waals surface area contributed by atoms with Crippen molar-refractivity contribution < 1.29 is 4.79 Å². The van der Waals surface area contributed by atoms with Gasteiger partial charge in [0.1, 0.15) is 0 Å². The van der Waals surface area contributed by atoms with Gasteiger partial charge in [-0.25, -0.2) is 0 Å². The molecule has 4 bridgehead atoms. The first kappa shape index (κ1) is 15.3. The Bertz CT molecular complexity index is 369. The van der Waals surface area contributed by atoms with Crippen LogP contribution in [0.4, 0.5) is 0 Å². The molecule has 1 amide bonds. The molecule has 21 heavy (non-hydrogen) atoms. The van der Waals surface area contributed by atoms with Crippen molar-refractivity contribution in [2.45, 2.75) is 77.8 Å². The zero-order valence-electron chi connectivity index (χ0n) is 13.9. The third-order valence-corrected chi connectivity index (χ3v) is 6.43. The summed E-state index contributed by atoms with van der Waals surface area (Å²) < 4.78 is 0. The summed E-state index contributed by atoms with van der Waals surface area (Å²) in [6.45, 7) is 6.47. The van der Waals surface area contributed by atoms with Crippen molar-refractivity contribution in [3.63, 3.8) is 0 Å². The molecule has 0 aliphatic heterocycles. The van der Waals surface area contributed by atoms with Crippen LogP contribution >= 0.6 is 0 Å². The van der Waals surface area contributed by atoms with Crippen LogP contribution in [-0.2, 0) is 4.79 Å². The Morgan fingerprint density at radius 3 is 2.00 bits per heavy atom. The maximum absolute atomic E-state index is 12.3. The molecule has 0 spiro atoms. The molecule has 4 aliphatic carbocycles. The highest BCUT2D eigenvalue weighted by atomic mass is 16.2. The van der Waals surface area contributed by atoms with Crippen molar-refractivity contribution in [1.82, 2.24) is 5.32 Å². The molecule has 120 valence electrons. The number of carbonyl (C=O) groups is 1. The van der Waals surface area contributed by atoms with Crippen LogP contribution in [0.1, 0.15) is 65.7 Å². The predicted octanol–water partition coefficient (Wildman–Crippen LogP) is 3.08. The van der Waals surface area contributed by atoms with Crippen molar-refractivity contribution in [3.8, 4) is 0 Å². The average Bonchev–Trinajstić information content (AvgIpc) is 2.35. The van der Waals surface area contributed by atoms with Gasteiger partial charge in [0.2, 0.25) is 5.91 Å². The molecule has 3 heteroatoms. The number of amides is 1. The average molecular weight is 292 g/mol. The highest BCUT2D eigenvalue weighted by Gasteiger charge is 2.53. The summed E-state index contributed by atoms with van der Waals surface area (Å²) in [6.07, 6.45) is 9.13. The first-order chi connectivity index (χ1) is 9.88. The minimum atomic E-state index is -0.346. The molecule has 0 aromatic carbocycles. The van der Waals surface area contributed by atoms with E-state index < -0.39 is 0 Å². The van der Waals surface area contributed by atoms with E-state index in [0.29, 0.717) is 11.3 Å². The van der Waals surface area contributed by atoms with Gasteiger partial charge in [-0.15, -0.1) is 0 Å². The van der Waals surface area contributed by atoms with Crippen LogP contribution < -0.4 is 11.1 Å². The maximum atomic E-state index is 12.3. The van der Waals surface area contributed by atoms with Gasteiger partial charge in [-0.2, -0.15) is 0 Å². The monoisotopic (exact) mass is 292 g/mol. The van der Waals surface area contributed by atoms with E-state index in [1.165, 1.54) is 38.5 Å². The summed E-state index contributed by atoms with van der Waals surface area (Å²) >= 11 is 0. The highest BCUT2D eigenvalue weighted by Crippen LogP contribution is 2.61. The van der Waals surface area contributed by atoms with Crippen LogP contribution in [-0.4, -0.2) is 18.0 Å². The fourth-order valence-corrected chi connectivity index (χ4v) is 5.80. The lowest BCUT2D eigenvalue weighted by Crippen LogP contribution is -2.57. The minimum Gasteiger partial charge on any atom is -0.352 e. The van der Waals surface area contributed by atoms with E-state index in [-0.39, 0.29) is 18.0 Å². The van der Waals surface area contributed by atoms with Crippen molar-refractivity contribution in [2.75, 3.05) is 0 Å². The summed E-state index contributed by atoms with van der Waals surface area (Å²) in [6, 6.07) is -0.0574. The molecule has 3 N–H and O–H groups in total. The van der Waals surface area contributed by atoms with E-state index in [2.05, 4.69) is 26.1 Å². The molecule has 2 atom stereocenters. The van der Waals surface area contributed by atoms with E-state index in [4.69, 9.17) is 5.73 Å². The zero-order chi connectivity index (χ0) is 15.2. The lowest BCUT2D eigenvalue weighted by atomic mass is 9.48. The van der Waals surface area contributed by atoms with Gasteiger partial charge in [0.05, 0.1) is 6.04 Å². The Morgan fingerprint density at radius 2 is 1.57 bits per heavy atom. The largest absolute Gasteiger partial charge is 0.352 e. The SMILES string of the molecule is CC(C)C[C@H](N)C(=O)NC(C)C12CC3CC(CC(C3)C1)C2. The van der Waals surface area contributed by atoms with Gasteiger partial charge in [0.15, 0.2) is 0 Å². The van der Waals surface area contributed by atoms with Gasteiger partial charge < -0.3 is 11.1 Å². The molecule has 0 aromatic heterocycles. The van der Waals surface area contributed by atoms with Gasteiger partial charge in [0.25, 0.3) is 0 Å². The lowest BCUT2D eigenvalue weighted by molar-refractivity contribution is -0.127. The third kappa shape index (κ3) is 2.99. The van der Waals surface area contributed by atoms with Crippen LogP contribution in [0.5, 0.6) is 0 Å². The molecule has 4 saturated carbocycles. The lowest BCUT2D eigenvalue weighted by Gasteiger charge is -2.59. The number of rotatable bonds is 5. The van der Waals surface area contributed by atoms with E-state index in [0.717, 1.165) is 24.2 Å². The number of nitrogens with two attached hydrogens (primary N) is 1. The van der Waals surface area contributed by atoms with Crippen molar-refractivity contribution in [2.24, 2.45) is 34.8 Å². The molecule has 4 aliphatic rings. The zero-order valence-corrected chi connectivity index (χ0v) is 13.9. The smallest absolute Gasteiger partial charge is 0.237 e. The number of carbonyl (C=O) groups excluding carboxylic acids is 1. The van der Waals surface area contributed by atoms with E-state index in [1.54, 1.807) is 0 Å². The van der Waals surface area contributed by atoms with E-state index in [9.17, 15) is 4.79 Å². The fourth-order valence-electron chi connectivity index (χ4n) is 5.80. The van der Waals surface area contributed by atoms with E-state index >= 15 is 0 Å². The van der Waals surface area contributed by atoms with Crippen molar-refractivity contribution in [1.29, 1.82) is 0 Å². The number of nitrogens with one attached hydrogen (secondary N) is 1. The standard InChI is InChI=1S/C18H32N2O/c1-11(2)4-16(19)17(21)20-12(3)18-8-13-5-14(9-18)7-15(6-13)10-18/h11-16H,4-10,19H2,1-3H3,(H,20,21)/t12?,13?,14?,15?,16-,18?/m0/s1. The number of hydrogen-bond donors (Lipinski definition) is 2. The molecule has 0 radical (unpaired) electrons. The molecule has 4 fully saturated rings. The second kappa shape index (κ2) is 5.57. The summed E-state index contributed by atoms with van der Waals surface area (Å²) in [5, 5.41) is 3.28. The quantitative estimate of drug-likeness (QED) is 0.818. The predicted molar refractivity (Wildman–Crippen MR) is 85.6 cm³/mol. The Balaban J connectivity index is 1.62. The summed E-state index contributed by atoms with van der Waals surface area (Å²) in [5.41, 5.74) is 6.42. The first-order valence-corrected chi connectivity index (χ1v) is 8.94. The van der Waals surface area contributed by atoms with Crippen molar-refractivity contribution in [3.05, 3.63) is 0 Å². The molecule has 0 saturated heterocycles. The van der Waals surface area contributed by atoms with Crippen LogP contribution in [0.15, 0.2) is 0 Å². The summed E-state index contributed by atoms with van der Waals surface area (Å²) in [4.78, 5) is 12.3. The van der Waals surface area contributed by atoms with Gasteiger partial charge in [0, 0.05) is 6.04 Å². The van der Waals surface area contributed by atoms with Gasteiger partial charge in [-0.3, -0.25) is 4.79 Å². The third-order valence-electron chi connectivity index (χ3n) is 6.43. The van der Waals surface area contributed by atoms with Crippen LogP contribution in [0, 0.1) is 29.1 Å². The normalized spacial score (nSPS) is 40.3. The molecular weight excluding hydrogens is 260 g/mol. The van der Waals surface area contributed by atoms with Crippen LogP contribution in [0.3, 0.4) is 0 Å². The molecule has 3 nitrogen and oxygen atoms in total. The van der Waals surface area contributed by atoms with Crippen LogP contribution in [0.25, 0.3) is 0 Å². The Morgan fingerprint density at radius 1 is 1.10 bits per heavy atom. The highest BCUT2D eigenvalue weighted by molar-refractivity contribution is 5.81. The Kier molecular flexibility index (Phi) is 4.06. The Labute approximate surface area is 129 Å². The summed E-state index contributed by atoms with van der Waals surface area (Å²) in [5.74, 6) is 3.33. The second-order valence-electron chi connectivity index (χ2n) is 8.75. The maximum Gasteiger partial charge on any atom is 0.237 e. The van der Waals surface area contributed by atoms with Gasteiger partial charge >= 0.3 is 0 Å². The molecular formula is C18H32N2O. The summed E-state index contributed by atoms with van der Waals surface area (Å²) in [7, 11) is 0. The second-order valence-corrected chi connectivity index (χ2v) is 8.75. The van der Waals surface area contributed by atoms with Crippen LogP contribution in [0.2, 0.25) is 0 Å². The first-order valence-electron chi connectivity index (χ1n) is 8.94. The minimum absolute atomic E-state index is 0.0620. The molecule has 0 aromatic rings. The van der Waals surface area contributed by atoms with Gasteiger partial charge in [-0.1, -0.05) is 13.8 Å². The molecule has 1 unspecified atom stereocenters. The van der Waals surface area contributed by atoms with Gasteiger partial charge in [-0.05, 0) is 81.0 Å². The molecule has 4 rings (SSSR count). The fraction of sp³-hybridized carbons (Fsp3) is 0.944. The van der Waals surface area contributed by atoms with E-state index in [1.807, 2.05) is 0 Å². The topological polar surface area (TPSA) is 55.1 Å². The molecule has 0 heterocycles. The van der Waals surface area contributed by atoms with Crippen molar-refractivity contribution >= 4 is 5.91 Å². The Hall–Kier alpha value is -0.570. The number of hydrogen-bond acceptors (Lipinski definition) is 2.